The van der Waals surface area contributed by atoms with Crippen LogP contribution in [0.25, 0.3) is 11.0 Å². The number of anilines is 1. The Kier molecular flexibility index (Phi) is 4.23. The summed E-state index contributed by atoms with van der Waals surface area (Å²) >= 11 is 0. The number of carboxylic acid groups (broad SMARTS) is 1. The number of aromatic carboxylic acids is 1. The van der Waals surface area contributed by atoms with E-state index in [-0.39, 0.29) is 17.9 Å². The SMILES string of the molecule is C#CCCC1(CCC(=O)Nc2nc3ccc(C(=O)O)cc3n2C)N=N1. The third kappa shape index (κ3) is 3.50. The number of fused-ring (bicyclic) bond motifs is 1. The van der Waals surface area contributed by atoms with Gasteiger partial charge in [-0.15, -0.1) is 12.3 Å². The zero-order valence-corrected chi connectivity index (χ0v) is 13.7. The van der Waals surface area contributed by atoms with Gasteiger partial charge in [-0.25, -0.2) is 9.78 Å². The second-order valence-corrected chi connectivity index (χ2v) is 5.94. The van der Waals surface area contributed by atoms with Gasteiger partial charge in [0.15, 0.2) is 5.66 Å². The highest BCUT2D eigenvalue weighted by molar-refractivity contribution is 5.95. The summed E-state index contributed by atoms with van der Waals surface area (Å²) in [5, 5.41) is 19.8. The minimum Gasteiger partial charge on any atom is -0.478 e. The number of nitrogens with one attached hydrogen (secondary N) is 1. The number of rotatable bonds is 7. The molecule has 1 aromatic carbocycles. The third-order valence-electron chi connectivity index (χ3n) is 4.18. The van der Waals surface area contributed by atoms with Crippen LogP contribution >= 0.6 is 0 Å². The number of aromatic nitrogens is 2. The van der Waals surface area contributed by atoms with Crippen molar-refractivity contribution in [2.24, 2.45) is 17.3 Å². The summed E-state index contributed by atoms with van der Waals surface area (Å²) in [6, 6.07) is 4.62. The van der Waals surface area contributed by atoms with Gasteiger partial charge in [-0.05, 0) is 18.2 Å². The first-order valence-electron chi connectivity index (χ1n) is 7.81. The normalized spacial score (nSPS) is 14.2. The predicted molar refractivity (Wildman–Crippen MR) is 91.2 cm³/mol. The van der Waals surface area contributed by atoms with E-state index in [0.29, 0.717) is 36.2 Å². The summed E-state index contributed by atoms with van der Waals surface area (Å²) in [6.07, 6.45) is 7.23. The number of hydrogen-bond donors (Lipinski definition) is 2. The summed E-state index contributed by atoms with van der Waals surface area (Å²) in [7, 11) is 1.72. The first kappa shape index (κ1) is 16.6. The molecule has 0 aliphatic carbocycles. The topological polar surface area (TPSA) is 109 Å². The van der Waals surface area contributed by atoms with Gasteiger partial charge >= 0.3 is 5.97 Å². The van der Waals surface area contributed by atoms with Crippen LogP contribution < -0.4 is 5.32 Å². The molecule has 0 atom stereocenters. The Morgan fingerprint density at radius 1 is 1.36 bits per heavy atom. The van der Waals surface area contributed by atoms with Crippen molar-refractivity contribution in [3.8, 4) is 12.3 Å². The highest BCUT2D eigenvalue weighted by Crippen LogP contribution is 2.37. The average Bonchev–Trinajstić information content (AvgIpc) is 3.31. The monoisotopic (exact) mass is 339 g/mol. The summed E-state index contributed by atoms with van der Waals surface area (Å²) < 4.78 is 1.65. The molecule has 0 saturated carbocycles. The largest absolute Gasteiger partial charge is 0.478 e. The van der Waals surface area contributed by atoms with Crippen LogP contribution in [0.3, 0.4) is 0 Å². The van der Waals surface area contributed by atoms with Gasteiger partial charge in [0.1, 0.15) is 0 Å². The van der Waals surface area contributed by atoms with E-state index in [9.17, 15) is 9.59 Å². The Labute approximate surface area is 144 Å². The fourth-order valence-electron chi connectivity index (χ4n) is 2.60. The number of nitrogens with zero attached hydrogens (tertiary/aromatic N) is 4. The lowest BCUT2D eigenvalue weighted by Gasteiger charge is -2.09. The van der Waals surface area contributed by atoms with Crippen molar-refractivity contribution >= 4 is 28.9 Å². The highest BCUT2D eigenvalue weighted by atomic mass is 16.4. The molecule has 0 saturated heterocycles. The molecule has 0 unspecified atom stereocenters. The number of amides is 1. The first-order chi connectivity index (χ1) is 11.9. The molecule has 1 aromatic heterocycles. The molecule has 128 valence electrons. The van der Waals surface area contributed by atoms with Gasteiger partial charge in [-0.3, -0.25) is 10.1 Å². The van der Waals surface area contributed by atoms with Crippen LogP contribution in [-0.2, 0) is 11.8 Å². The molecule has 1 amide bonds. The van der Waals surface area contributed by atoms with Gasteiger partial charge in [-0.2, -0.15) is 10.2 Å². The summed E-state index contributed by atoms with van der Waals surface area (Å²) in [4.78, 5) is 27.6. The van der Waals surface area contributed by atoms with Crippen molar-refractivity contribution in [3.63, 3.8) is 0 Å². The molecule has 25 heavy (non-hydrogen) atoms. The Morgan fingerprint density at radius 3 is 2.76 bits per heavy atom. The Bertz CT molecular complexity index is 916. The van der Waals surface area contributed by atoms with Crippen LogP contribution in [0, 0.1) is 12.3 Å². The fraction of sp³-hybridized carbons (Fsp3) is 0.353. The Balaban J connectivity index is 1.66. The van der Waals surface area contributed by atoms with E-state index in [1.54, 1.807) is 17.7 Å². The first-order valence-corrected chi connectivity index (χ1v) is 7.81. The smallest absolute Gasteiger partial charge is 0.335 e. The summed E-state index contributed by atoms with van der Waals surface area (Å²) in [6.45, 7) is 0. The van der Waals surface area contributed by atoms with E-state index in [2.05, 4.69) is 26.4 Å². The Hall–Kier alpha value is -3.21. The Morgan fingerprint density at radius 2 is 2.12 bits per heavy atom. The molecule has 0 bridgehead atoms. The summed E-state index contributed by atoms with van der Waals surface area (Å²) in [5.41, 5.74) is 0.918. The van der Waals surface area contributed by atoms with Crippen LogP contribution in [0.4, 0.5) is 5.95 Å². The number of hydrogen-bond acceptors (Lipinski definition) is 5. The molecular formula is C17H17N5O3. The maximum atomic E-state index is 12.2. The maximum Gasteiger partial charge on any atom is 0.335 e. The van der Waals surface area contributed by atoms with E-state index in [1.165, 1.54) is 12.1 Å². The van der Waals surface area contributed by atoms with Crippen molar-refractivity contribution in [2.75, 3.05) is 5.32 Å². The van der Waals surface area contributed by atoms with Gasteiger partial charge in [0.2, 0.25) is 11.9 Å². The second kappa shape index (κ2) is 6.36. The van der Waals surface area contributed by atoms with Crippen LogP contribution in [0.5, 0.6) is 0 Å². The quantitative estimate of drug-likeness (QED) is 0.755. The number of carboxylic acids is 1. The molecule has 2 heterocycles. The maximum absolute atomic E-state index is 12.2. The molecule has 8 heteroatoms. The molecule has 2 aromatic rings. The second-order valence-electron chi connectivity index (χ2n) is 5.94. The van der Waals surface area contributed by atoms with Crippen LogP contribution in [0.2, 0.25) is 0 Å². The fourth-order valence-corrected chi connectivity index (χ4v) is 2.60. The lowest BCUT2D eigenvalue weighted by Crippen LogP contribution is -2.19. The third-order valence-corrected chi connectivity index (χ3v) is 4.18. The lowest BCUT2D eigenvalue weighted by atomic mass is 10.0. The molecule has 0 spiro atoms. The molecular weight excluding hydrogens is 322 g/mol. The minimum atomic E-state index is -1.01. The van der Waals surface area contributed by atoms with Gasteiger partial charge in [0.25, 0.3) is 0 Å². The zero-order chi connectivity index (χ0) is 18.0. The minimum absolute atomic E-state index is 0.167. The average molecular weight is 339 g/mol. The molecule has 0 radical (unpaired) electrons. The van der Waals surface area contributed by atoms with Crippen molar-refractivity contribution in [3.05, 3.63) is 23.8 Å². The van der Waals surface area contributed by atoms with E-state index in [4.69, 9.17) is 11.5 Å². The molecule has 0 fully saturated rings. The molecule has 2 N–H and O–H groups in total. The number of imidazole rings is 1. The number of benzene rings is 1. The number of carbonyl (C=O) groups is 2. The highest BCUT2D eigenvalue weighted by Gasteiger charge is 2.39. The van der Waals surface area contributed by atoms with Crippen LogP contribution in [0.15, 0.2) is 28.4 Å². The number of terminal acetylenes is 1. The van der Waals surface area contributed by atoms with Crippen LogP contribution in [-0.4, -0.2) is 32.2 Å². The molecule has 8 nitrogen and oxygen atoms in total. The summed E-state index contributed by atoms with van der Waals surface area (Å²) in [5.74, 6) is 1.71. The van der Waals surface area contributed by atoms with E-state index < -0.39 is 11.6 Å². The number of carbonyl (C=O) groups excluding carboxylic acids is 1. The van der Waals surface area contributed by atoms with Gasteiger partial charge in [-0.1, -0.05) is 0 Å². The molecule has 1 aliphatic rings. The van der Waals surface area contributed by atoms with Crippen molar-refractivity contribution in [1.29, 1.82) is 0 Å². The standard InChI is InChI=1S/C17H17N5O3/c1-3-4-8-17(20-21-17)9-7-14(23)19-16-18-12-6-5-11(15(24)25)10-13(12)22(16)2/h1,5-6,10H,4,7-9H2,2H3,(H,24,25)(H,18,19,23). The van der Waals surface area contributed by atoms with Crippen molar-refractivity contribution in [2.45, 2.75) is 31.3 Å². The van der Waals surface area contributed by atoms with Gasteiger partial charge in [0, 0.05) is 32.7 Å². The number of aryl methyl sites for hydroxylation is 1. The predicted octanol–water partition coefficient (Wildman–Crippen LogP) is 2.57. The van der Waals surface area contributed by atoms with Gasteiger partial charge in [0.05, 0.1) is 16.6 Å². The van der Waals surface area contributed by atoms with Gasteiger partial charge < -0.3 is 9.67 Å². The van der Waals surface area contributed by atoms with E-state index in [0.717, 1.165) is 0 Å². The van der Waals surface area contributed by atoms with E-state index >= 15 is 0 Å². The van der Waals surface area contributed by atoms with Crippen LogP contribution in [0.1, 0.15) is 36.0 Å². The van der Waals surface area contributed by atoms with Crippen molar-refractivity contribution < 1.29 is 14.7 Å². The molecule has 3 rings (SSSR count). The van der Waals surface area contributed by atoms with Crippen molar-refractivity contribution in [1.82, 2.24) is 9.55 Å². The van der Waals surface area contributed by atoms with E-state index in [1.807, 2.05) is 0 Å². The lowest BCUT2D eigenvalue weighted by molar-refractivity contribution is -0.116. The zero-order valence-electron chi connectivity index (χ0n) is 13.7. The molecule has 1 aliphatic heterocycles.